The molecule has 0 atom stereocenters. The van der Waals surface area contributed by atoms with Crippen molar-refractivity contribution < 1.29 is 18.0 Å². The van der Waals surface area contributed by atoms with Crippen LogP contribution in [0, 0.1) is 0 Å². The molecule has 0 N–H and O–H groups in total. The lowest BCUT2D eigenvalue weighted by Gasteiger charge is -2.07. The number of halogens is 5. The van der Waals surface area contributed by atoms with E-state index in [2.05, 4.69) is 20.9 Å². The minimum Gasteiger partial charge on any atom is -0.291 e. The van der Waals surface area contributed by atoms with Gasteiger partial charge in [0.05, 0.1) is 15.9 Å². The number of hydrogen-bond donors (Lipinski definition) is 0. The van der Waals surface area contributed by atoms with Crippen molar-refractivity contribution in [3.8, 4) is 0 Å². The summed E-state index contributed by atoms with van der Waals surface area (Å²) in [4.78, 5) is 14.5. The number of pyridine rings is 1. The number of hydrogen-bond acceptors (Lipinski definition) is 2. The van der Waals surface area contributed by atoms with Crippen LogP contribution in [0.1, 0.15) is 16.1 Å². The van der Waals surface area contributed by atoms with Crippen molar-refractivity contribution in [3.63, 3.8) is 0 Å². The first kappa shape index (κ1) is 12.4. The standard InChI is InChI=1S/C8H4BrClF3NO/c9-2-6(15)7-5(10)1-4(3-14-7)8(11,12)13/h1,3H,2H2. The highest BCUT2D eigenvalue weighted by atomic mass is 79.9. The molecule has 0 spiro atoms. The SMILES string of the molecule is O=C(CBr)c1ncc(C(F)(F)F)cc1Cl. The van der Waals surface area contributed by atoms with Crippen LogP contribution in [-0.4, -0.2) is 16.1 Å². The van der Waals surface area contributed by atoms with E-state index in [1.54, 1.807) is 0 Å². The highest BCUT2D eigenvalue weighted by molar-refractivity contribution is 9.09. The Kier molecular flexibility index (Phi) is 3.72. The Morgan fingerprint density at radius 2 is 2.13 bits per heavy atom. The third kappa shape index (κ3) is 2.92. The topological polar surface area (TPSA) is 30.0 Å². The van der Waals surface area contributed by atoms with E-state index in [0.29, 0.717) is 12.3 Å². The van der Waals surface area contributed by atoms with Crippen LogP contribution >= 0.6 is 27.5 Å². The van der Waals surface area contributed by atoms with Gasteiger partial charge in [0.15, 0.2) is 5.78 Å². The molecule has 0 unspecified atom stereocenters. The Balaban J connectivity index is 3.15. The molecule has 0 bridgehead atoms. The van der Waals surface area contributed by atoms with Gasteiger partial charge in [-0.25, -0.2) is 0 Å². The van der Waals surface area contributed by atoms with Crippen LogP contribution in [0.25, 0.3) is 0 Å². The molecule has 82 valence electrons. The summed E-state index contributed by atoms with van der Waals surface area (Å²) < 4.78 is 36.6. The summed E-state index contributed by atoms with van der Waals surface area (Å²) in [5.41, 5.74) is -1.14. The quantitative estimate of drug-likeness (QED) is 0.619. The molecule has 1 aromatic heterocycles. The average Bonchev–Trinajstić information content (AvgIpc) is 2.15. The Hall–Kier alpha value is -0.620. The van der Waals surface area contributed by atoms with Crippen molar-refractivity contribution in [1.82, 2.24) is 4.98 Å². The van der Waals surface area contributed by atoms with E-state index < -0.39 is 17.5 Å². The molecule has 0 aliphatic rings. The van der Waals surface area contributed by atoms with Gasteiger partial charge in [-0.15, -0.1) is 0 Å². The number of nitrogens with zero attached hydrogens (tertiary/aromatic N) is 1. The van der Waals surface area contributed by atoms with Gasteiger partial charge in [-0.05, 0) is 6.07 Å². The number of alkyl halides is 4. The van der Waals surface area contributed by atoms with Crippen LogP contribution in [0.2, 0.25) is 5.02 Å². The molecule has 0 saturated carbocycles. The van der Waals surface area contributed by atoms with Crippen LogP contribution in [-0.2, 0) is 6.18 Å². The Labute approximate surface area is 96.6 Å². The largest absolute Gasteiger partial charge is 0.417 e. The summed E-state index contributed by atoms with van der Waals surface area (Å²) in [5, 5.41) is -0.334. The summed E-state index contributed by atoms with van der Waals surface area (Å²) in [7, 11) is 0. The molecule has 15 heavy (non-hydrogen) atoms. The predicted molar refractivity (Wildman–Crippen MR) is 52.4 cm³/mol. The second-order valence-corrected chi connectivity index (χ2v) is 3.58. The Bertz CT molecular complexity index is 394. The summed E-state index contributed by atoms with van der Waals surface area (Å²) in [5.74, 6) is -0.464. The molecule has 0 fully saturated rings. The fourth-order valence-corrected chi connectivity index (χ4v) is 1.40. The predicted octanol–water partition coefficient (Wildman–Crippen LogP) is 3.33. The zero-order valence-electron chi connectivity index (χ0n) is 7.11. The summed E-state index contributed by atoms with van der Waals surface area (Å²) >= 11 is 8.38. The van der Waals surface area contributed by atoms with Gasteiger partial charge in [0.25, 0.3) is 0 Å². The number of ketones is 1. The fourth-order valence-electron chi connectivity index (χ4n) is 0.861. The van der Waals surface area contributed by atoms with Crippen molar-refractivity contribution in [2.24, 2.45) is 0 Å². The molecule has 1 rings (SSSR count). The third-order valence-corrected chi connectivity index (χ3v) is 2.35. The van der Waals surface area contributed by atoms with Crippen LogP contribution < -0.4 is 0 Å². The van der Waals surface area contributed by atoms with Gasteiger partial charge in [0.2, 0.25) is 0 Å². The number of aromatic nitrogens is 1. The monoisotopic (exact) mass is 301 g/mol. The van der Waals surface area contributed by atoms with E-state index in [-0.39, 0.29) is 16.0 Å². The lowest BCUT2D eigenvalue weighted by atomic mass is 10.2. The second kappa shape index (κ2) is 4.49. The molecule has 1 heterocycles. The lowest BCUT2D eigenvalue weighted by molar-refractivity contribution is -0.137. The molecule has 0 aliphatic heterocycles. The number of carbonyl (C=O) groups is 1. The summed E-state index contributed by atoms with van der Waals surface area (Å²) in [6.45, 7) is 0. The van der Waals surface area contributed by atoms with Crippen molar-refractivity contribution in [3.05, 3.63) is 28.5 Å². The lowest BCUT2D eigenvalue weighted by Crippen LogP contribution is -2.09. The van der Waals surface area contributed by atoms with Gasteiger partial charge in [-0.1, -0.05) is 27.5 Å². The van der Waals surface area contributed by atoms with Crippen molar-refractivity contribution in [2.45, 2.75) is 6.18 Å². The molecular formula is C8H4BrClF3NO. The van der Waals surface area contributed by atoms with Crippen LogP contribution in [0.4, 0.5) is 13.2 Å². The maximum Gasteiger partial charge on any atom is 0.417 e. The maximum atomic E-state index is 12.2. The normalized spacial score (nSPS) is 11.5. The zero-order chi connectivity index (χ0) is 11.6. The van der Waals surface area contributed by atoms with Crippen molar-refractivity contribution >= 4 is 33.3 Å². The van der Waals surface area contributed by atoms with Gasteiger partial charge in [-0.2, -0.15) is 13.2 Å². The van der Waals surface area contributed by atoms with Gasteiger partial charge >= 0.3 is 6.18 Å². The zero-order valence-corrected chi connectivity index (χ0v) is 9.45. The van der Waals surface area contributed by atoms with Crippen LogP contribution in [0.15, 0.2) is 12.3 Å². The van der Waals surface area contributed by atoms with Gasteiger partial charge in [0.1, 0.15) is 5.69 Å². The summed E-state index contributed by atoms with van der Waals surface area (Å²) in [6.07, 6.45) is -3.92. The van der Waals surface area contributed by atoms with E-state index in [4.69, 9.17) is 11.6 Å². The van der Waals surface area contributed by atoms with E-state index in [9.17, 15) is 18.0 Å². The Morgan fingerprint density at radius 1 is 1.53 bits per heavy atom. The van der Waals surface area contributed by atoms with Gasteiger partial charge in [-0.3, -0.25) is 9.78 Å². The minimum absolute atomic E-state index is 0.0366. The van der Waals surface area contributed by atoms with Crippen LogP contribution in [0.3, 0.4) is 0 Å². The van der Waals surface area contributed by atoms with Crippen LogP contribution in [0.5, 0.6) is 0 Å². The fraction of sp³-hybridized carbons (Fsp3) is 0.250. The minimum atomic E-state index is -4.51. The van der Waals surface area contributed by atoms with Gasteiger partial charge in [0, 0.05) is 6.20 Å². The first-order chi connectivity index (χ1) is 6.86. The molecule has 0 aliphatic carbocycles. The second-order valence-electron chi connectivity index (χ2n) is 2.61. The highest BCUT2D eigenvalue weighted by Gasteiger charge is 2.31. The average molecular weight is 302 g/mol. The molecule has 0 radical (unpaired) electrons. The van der Waals surface area contributed by atoms with E-state index in [1.807, 2.05) is 0 Å². The third-order valence-electron chi connectivity index (χ3n) is 1.55. The molecular weight excluding hydrogens is 298 g/mol. The van der Waals surface area contributed by atoms with Crippen molar-refractivity contribution in [2.75, 3.05) is 5.33 Å². The maximum absolute atomic E-state index is 12.2. The summed E-state index contributed by atoms with van der Waals surface area (Å²) in [6, 6.07) is 0.685. The van der Waals surface area contributed by atoms with Gasteiger partial charge < -0.3 is 0 Å². The Morgan fingerprint density at radius 3 is 2.53 bits per heavy atom. The first-order valence-corrected chi connectivity index (χ1v) is 5.18. The molecule has 2 nitrogen and oxygen atoms in total. The molecule has 1 aromatic rings. The number of carbonyl (C=O) groups excluding carboxylic acids is 1. The van der Waals surface area contributed by atoms with E-state index in [1.165, 1.54) is 0 Å². The van der Waals surface area contributed by atoms with E-state index >= 15 is 0 Å². The molecule has 7 heteroatoms. The number of rotatable bonds is 2. The number of Topliss-reactive ketones (excluding diaryl/α,β-unsaturated/α-hetero) is 1. The molecule has 0 saturated heterocycles. The van der Waals surface area contributed by atoms with Crippen molar-refractivity contribution in [1.29, 1.82) is 0 Å². The van der Waals surface area contributed by atoms with E-state index in [0.717, 1.165) is 0 Å². The molecule has 0 amide bonds. The highest BCUT2D eigenvalue weighted by Crippen LogP contribution is 2.31. The smallest absolute Gasteiger partial charge is 0.291 e. The molecule has 0 aromatic carbocycles. The first-order valence-electron chi connectivity index (χ1n) is 3.68.